The number of aromatic nitrogens is 1. The lowest BCUT2D eigenvalue weighted by atomic mass is 10.0. The van der Waals surface area contributed by atoms with E-state index < -0.39 is 5.54 Å². The van der Waals surface area contributed by atoms with Crippen molar-refractivity contribution in [3.63, 3.8) is 0 Å². The van der Waals surface area contributed by atoms with E-state index >= 15 is 0 Å². The van der Waals surface area contributed by atoms with Gasteiger partial charge in [-0.2, -0.15) is 0 Å². The summed E-state index contributed by atoms with van der Waals surface area (Å²) in [5.41, 5.74) is 0.867. The number of carbonyl (C=O) groups is 2. The van der Waals surface area contributed by atoms with Crippen LogP contribution in [0.4, 0.5) is 5.69 Å². The molecule has 0 bridgehead atoms. The van der Waals surface area contributed by atoms with E-state index in [4.69, 9.17) is 0 Å². The Kier molecular flexibility index (Phi) is 3.07. The highest BCUT2D eigenvalue weighted by atomic mass is 16.2. The van der Waals surface area contributed by atoms with Crippen molar-refractivity contribution in [2.24, 2.45) is 0 Å². The van der Waals surface area contributed by atoms with Crippen LogP contribution in [0.1, 0.15) is 25.8 Å². The number of nitrogens with zero attached hydrogens (tertiary/aromatic N) is 2. The smallest absolute Gasteiger partial charge is 0.252 e. The Bertz CT molecular complexity index is 497. The molecule has 1 saturated heterocycles. The minimum atomic E-state index is -0.879. The zero-order valence-corrected chi connectivity index (χ0v) is 10.9. The first-order valence-electron chi connectivity index (χ1n) is 5.95. The Morgan fingerprint density at radius 3 is 2.78 bits per heavy atom. The van der Waals surface area contributed by atoms with E-state index in [9.17, 15) is 9.59 Å². The minimum absolute atomic E-state index is 0.0996. The second-order valence-corrected chi connectivity index (χ2v) is 5.04. The van der Waals surface area contributed by atoms with Crippen molar-refractivity contribution in [2.45, 2.75) is 32.7 Å². The number of carbonyl (C=O) groups excluding carboxylic acids is 2. The van der Waals surface area contributed by atoms with Gasteiger partial charge in [0.1, 0.15) is 5.54 Å². The molecule has 1 aromatic rings. The fourth-order valence-corrected chi connectivity index (χ4v) is 2.08. The number of pyridine rings is 1. The van der Waals surface area contributed by atoms with Gasteiger partial charge in [0.15, 0.2) is 0 Å². The summed E-state index contributed by atoms with van der Waals surface area (Å²) in [5.74, 6) is -0.207. The molecule has 1 aliphatic heterocycles. The molecule has 0 unspecified atom stereocenters. The predicted octanol–water partition coefficient (Wildman–Crippen LogP) is 1.02. The summed E-state index contributed by atoms with van der Waals surface area (Å²) in [6.45, 7) is 5.76. The molecule has 0 aromatic carbocycles. The number of hydrogen-bond acceptors (Lipinski definition) is 3. The molecule has 0 spiro atoms. The summed E-state index contributed by atoms with van der Waals surface area (Å²) in [4.78, 5) is 29.7. The first-order chi connectivity index (χ1) is 8.42. The number of anilines is 1. The summed E-state index contributed by atoms with van der Waals surface area (Å²) in [6, 6.07) is 1.86. The molecule has 5 nitrogen and oxygen atoms in total. The number of nitrogens with one attached hydrogen (secondary N) is 1. The number of aryl methyl sites for hydroxylation is 1. The summed E-state index contributed by atoms with van der Waals surface area (Å²) in [6.07, 6.45) is 3.66. The highest BCUT2D eigenvalue weighted by Crippen LogP contribution is 2.23. The normalized spacial score (nSPS) is 19.4. The summed E-state index contributed by atoms with van der Waals surface area (Å²) in [5, 5.41) is 2.74. The van der Waals surface area contributed by atoms with Crippen LogP contribution in [0.15, 0.2) is 18.5 Å². The molecule has 2 heterocycles. The predicted molar refractivity (Wildman–Crippen MR) is 68.2 cm³/mol. The maximum Gasteiger partial charge on any atom is 0.252 e. The minimum Gasteiger partial charge on any atom is -0.342 e. The second-order valence-electron chi connectivity index (χ2n) is 5.04. The average molecular weight is 247 g/mol. The van der Waals surface area contributed by atoms with Gasteiger partial charge in [0.2, 0.25) is 5.91 Å². The molecular formula is C13H17N3O2. The van der Waals surface area contributed by atoms with Crippen LogP contribution in [0.2, 0.25) is 0 Å². The van der Waals surface area contributed by atoms with Crippen LogP contribution < -0.4 is 10.2 Å². The van der Waals surface area contributed by atoms with E-state index in [1.54, 1.807) is 31.1 Å². The first-order valence-corrected chi connectivity index (χ1v) is 5.95. The van der Waals surface area contributed by atoms with E-state index in [1.807, 2.05) is 13.0 Å². The third kappa shape index (κ3) is 2.20. The maximum absolute atomic E-state index is 12.4. The van der Waals surface area contributed by atoms with Crippen LogP contribution >= 0.6 is 0 Å². The van der Waals surface area contributed by atoms with Crippen molar-refractivity contribution in [2.75, 3.05) is 11.4 Å². The van der Waals surface area contributed by atoms with Crippen molar-refractivity contribution in [1.82, 2.24) is 10.3 Å². The largest absolute Gasteiger partial charge is 0.342 e. The second kappa shape index (κ2) is 4.40. The molecule has 1 aliphatic rings. The summed E-state index contributed by atoms with van der Waals surface area (Å²) in [7, 11) is 0. The van der Waals surface area contributed by atoms with Gasteiger partial charge in [-0.15, -0.1) is 0 Å². The van der Waals surface area contributed by atoms with E-state index in [0.29, 0.717) is 13.0 Å². The third-order valence-corrected chi connectivity index (χ3v) is 3.10. The van der Waals surface area contributed by atoms with E-state index in [1.165, 1.54) is 0 Å². The van der Waals surface area contributed by atoms with Gasteiger partial charge in [-0.25, -0.2) is 0 Å². The lowest BCUT2D eigenvalue weighted by molar-refractivity contribution is -0.128. The first kappa shape index (κ1) is 12.5. The van der Waals surface area contributed by atoms with Gasteiger partial charge in [-0.1, -0.05) is 0 Å². The Morgan fingerprint density at radius 1 is 1.39 bits per heavy atom. The molecule has 0 radical (unpaired) electrons. The van der Waals surface area contributed by atoms with Crippen molar-refractivity contribution in [3.8, 4) is 0 Å². The van der Waals surface area contributed by atoms with Crippen molar-refractivity contribution >= 4 is 17.5 Å². The van der Waals surface area contributed by atoms with Crippen molar-refractivity contribution < 1.29 is 9.59 Å². The summed E-state index contributed by atoms with van der Waals surface area (Å²) < 4.78 is 0. The van der Waals surface area contributed by atoms with Crippen LogP contribution in [0.25, 0.3) is 0 Å². The van der Waals surface area contributed by atoms with Crippen LogP contribution in [-0.4, -0.2) is 28.9 Å². The Morgan fingerprint density at radius 2 is 2.11 bits per heavy atom. The Hall–Kier alpha value is -1.91. The molecular weight excluding hydrogens is 230 g/mol. The van der Waals surface area contributed by atoms with Gasteiger partial charge in [0.25, 0.3) is 5.91 Å². The SMILES string of the molecule is Cc1ccncc1N1CCC(=O)NC(C)(C)C1=O. The van der Waals surface area contributed by atoms with Gasteiger partial charge < -0.3 is 10.2 Å². The molecule has 18 heavy (non-hydrogen) atoms. The molecule has 2 rings (SSSR count). The Labute approximate surface area is 106 Å². The molecule has 2 amide bonds. The van der Waals surface area contributed by atoms with Crippen molar-refractivity contribution in [3.05, 3.63) is 24.0 Å². The Balaban J connectivity index is 2.41. The maximum atomic E-state index is 12.4. The van der Waals surface area contributed by atoms with Gasteiger partial charge in [-0.3, -0.25) is 14.6 Å². The average Bonchev–Trinajstić information content (AvgIpc) is 2.39. The van der Waals surface area contributed by atoms with Crippen LogP contribution in [0, 0.1) is 6.92 Å². The van der Waals surface area contributed by atoms with Gasteiger partial charge >= 0.3 is 0 Å². The fourth-order valence-electron chi connectivity index (χ4n) is 2.08. The highest BCUT2D eigenvalue weighted by molar-refractivity contribution is 6.04. The topological polar surface area (TPSA) is 62.3 Å². The van der Waals surface area contributed by atoms with E-state index in [2.05, 4.69) is 10.3 Å². The van der Waals surface area contributed by atoms with Gasteiger partial charge in [-0.05, 0) is 32.4 Å². The summed E-state index contributed by atoms with van der Waals surface area (Å²) >= 11 is 0. The zero-order valence-electron chi connectivity index (χ0n) is 10.9. The third-order valence-electron chi connectivity index (χ3n) is 3.10. The lowest BCUT2D eigenvalue weighted by Gasteiger charge is -2.29. The lowest BCUT2D eigenvalue weighted by Crippen LogP contribution is -2.53. The monoisotopic (exact) mass is 247 g/mol. The van der Waals surface area contributed by atoms with Crippen molar-refractivity contribution in [1.29, 1.82) is 0 Å². The molecule has 1 fully saturated rings. The zero-order chi connectivity index (χ0) is 13.3. The van der Waals surface area contributed by atoms with Crippen LogP contribution in [-0.2, 0) is 9.59 Å². The van der Waals surface area contributed by atoms with E-state index in [0.717, 1.165) is 11.3 Å². The molecule has 96 valence electrons. The standard InChI is InChI=1S/C13H17N3O2/c1-9-4-6-14-8-10(9)16-7-5-11(17)15-13(2,3)12(16)18/h4,6,8H,5,7H2,1-3H3,(H,15,17). The fraction of sp³-hybridized carbons (Fsp3) is 0.462. The molecule has 1 aromatic heterocycles. The molecule has 1 N–H and O–H groups in total. The number of amides is 2. The van der Waals surface area contributed by atoms with Crippen LogP contribution in [0.3, 0.4) is 0 Å². The van der Waals surface area contributed by atoms with Gasteiger partial charge in [0, 0.05) is 19.2 Å². The molecule has 5 heteroatoms. The molecule has 0 atom stereocenters. The molecule has 0 saturated carbocycles. The van der Waals surface area contributed by atoms with E-state index in [-0.39, 0.29) is 11.8 Å². The van der Waals surface area contributed by atoms with Crippen LogP contribution in [0.5, 0.6) is 0 Å². The molecule has 0 aliphatic carbocycles. The highest BCUT2D eigenvalue weighted by Gasteiger charge is 2.37. The number of hydrogen-bond donors (Lipinski definition) is 1. The van der Waals surface area contributed by atoms with Gasteiger partial charge in [0.05, 0.1) is 11.9 Å². The number of rotatable bonds is 1. The quantitative estimate of drug-likeness (QED) is 0.806.